The molecule has 130 valence electrons. The summed E-state index contributed by atoms with van der Waals surface area (Å²) in [5.74, 6) is 0.735. The molecule has 0 aromatic heterocycles. The van der Waals surface area contributed by atoms with Gasteiger partial charge < -0.3 is 9.57 Å². The van der Waals surface area contributed by atoms with Crippen LogP contribution >= 0.6 is 0 Å². The first-order chi connectivity index (χ1) is 12.0. The standard InChI is InChI=1S/C19H20N2O4/c1-4-14(2)13-25-18-11-7-16(8-12-18)19(20-24-3)15-5-9-17(10-6-15)21(22)23/h5-12H,2,4,13H2,1,3H3. The van der Waals surface area contributed by atoms with Crippen molar-refractivity contribution in [3.05, 3.63) is 81.9 Å². The van der Waals surface area contributed by atoms with E-state index in [1.807, 2.05) is 31.2 Å². The number of nitrogens with zero attached hydrogens (tertiary/aromatic N) is 2. The Balaban J connectivity index is 2.21. The van der Waals surface area contributed by atoms with E-state index in [0.717, 1.165) is 28.9 Å². The Morgan fingerprint density at radius 3 is 2.16 bits per heavy atom. The maximum absolute atomic E-state index is 10.8. The van der Waals surface area contributed by atoms with Gasteiger partial charge in [0.2, 0.25) is 0 Å². The number of benzene rings is 2. The van der Waals surface area contributed by atoms with Crippen molar-refractivity contribution in [1.29, 1.82) is 0 Å². The van der Waals surface area contributed by atoms with Crippen molar-refractivity contribution in [2.24, 2.45) is 5.16 Å². The average molecular weight is 340 g/mol. The minimum atomic E-state index is -0.437. The molecule has 2 aromatic rings. The van der Waals surface area contributed by atoms with Crippen LogP contribution in [-0.2, 0) is 4.84 Å². The van der Waals surface area contributed by atoms with Gasteiger partial charge in [0, 0.05) is 23.3 Å². The highest BCUT2D eigenvalue weighted by molar-refractivity contribution is 6.12. The summed E-state index contributed by atoms with van der Waals surface area (Å²) in [5, 5.41) is 14.8. The highest BCUT2D eigenvalue weighted by Crippen LogP contribution is 2.19. The van der Waals surface area contributed by atoms with E-state index in [1.165, 1.54) is 19.2 Å². The van der Waals surface area contributed by atoms with Gasteiger partial charge in [-0.1, -0.05) is 18.7 Å². The zero-order chi connectivity index (χ0) is 18.2. The van der Waals surface area contributed by atoms with Crippen molar-refractivity contribution in [1.82, 2.24) is 0 Å². The summed E-state index contributed by atoms with van der Waals surface area (Å²) in [6.07, 6.45) is 0.878. The van der Waals surface area contributed by atoms with Crippen LogP contribution in [0.15, 0.2) is 65.8 Å². The molecule has 0 fully saturated rings. The second kappa shape index (κ2) is 8.63. The van der Waals surface area contributed by atoms with Crippen molar-refractivity contribution in [2.45, 2.75) is 13.3 Å². The molecule has 0 spiro atoms. The molecule has 0 atom stereocenters. The van der Waals surface area contributed by atoms with Gasteiger partial charge in [0.05, 0.1) is 4.92 Å². The molecule has 0 radical (unpaired) electrons. The Hall–Kier alpha value is -3.15. The van der Waals surface area contributed by atoms with Gasteiger partial charge in [-0.05, 0) is 48.4 Å². The molecular weight excluding hydrogens is 320 g/mol. The Morgan fingerprint density at radius 1 is 1.12 bits per heavy atom. The van der Waals surface area contributed by atoms with E-state index in [-0.39, 0.29) is 5.69 Å². The first-order valence-electron chi connectivity index (χ1n) is 7.81. The van der Waals surface area contributed by atoms with Gasteiger partial charge >= 0.3 is 0 Å². The van der Waals surface area contributed by atoms with Crippen LogP contribution < -0.4 is 4.74 Å². The molecule has 25 heavy (non-hydrogen) atoms. The van der Waals surface area contributed by atoms with Gasteiger partial charge in [0.1, 0.15) is 25.2 Å². The van der Waals surface area contributed by atoms with Gasteiger partial charge in [-0.2, -0.15) is 0 Å². The highest BCUT2D eigenvalue weighted by Gasteiger charge is 2.11. The molecule has 2 rings (SSSR count). The fourth-order valence-corrected chi connectivity index (χ4v) is 2.10. The van der Waals surface area contributed by atoms with Gasteiger partial charge in [-0.3, -0.25) is 10.1 Å². The fraction of sp³-hybridized carbons (Fsp3) is 0.211. The molecule has 0 aliphatic carbocycles. The molecule has 0 saturated heterocycles. The number of nitro benzene ring substituents is 1. The monoisotopic (exact) mass is 340 g/mol. The molecule has 0 unspecified atom stereocenters. The minimum Gasteiger partial charge on any atom is -0.489 e. The lowest BCUT2D eigenvalue weighted by atomic mass is 10.0. The van der Waals surface area contributed by atoms with E-state index in [0.29, 0.717) is 12.3 Å². The molecule has 0 aliphatic rings. The van der Waals surface area contributed by atoms with Crippen LogP contribution in [0.1, 0.15) is 24.5 Å². The van der Waals surface area contributed by atoms with Crippen LogP contribution in [0.2, 0.25) is 0 Å². The van der Waals surface area contributed by atoms with Crippen molar-refractivity contribution >= 4 is 11.4 Å². The SMILES string of the molecule is C=C(CC)COc1ccc(C(=NOC)c2ccc([N+](=O)[O-])cc2)cc1. The number of ether oxygens (including phenoxy) is 1. The smallest absolute Gasteiger partial charge is 0.269 e. The van der Waals surface area contributed by atoms with E-state index in [9.17, 15) is 10.1 Å². The third kappa shape index (κ3) is 4.91. The number of hydrogen-bond acceptors (Lipinski definition) is 5. The van der Waals surface area contributed by atoms with Crippen LogP contribution in [0.4, 0.5) is 5.69 Å². The van der Waals surface area contributed by atoms with Crippen molar-refractivity contribution < 1.29 is 14.5 Å². The summed E-state index contributed by atoms with van der Waals surface area (Å²) in [6, 6.07) is 13.6. The normalized spacial score (nSPS) is 11.0. The number of rotatable bonds is 8. The quantitative estimate of drug-likeness (QED) is 0.310. The summed E-state index contributed by atoms with van der Waals surface area (Å²) in [5.41, 5.74) is 3.18. The maximum Gasteiger partial charge on any atom is 0.269 e. The molecule has 0 amide bonds. The Labute approximate surface area is 146 Å². The van der Waals surface area contributed by atoms with E-state index in [2.05, 4.69) is 11.7 Å². The number of nitro groups is 1. The summed E-state index contributed by atoms with van der Waals surface area (Å²) in [7, 11) is 1.46. The van der Waals surface area contributed by atoms with Crippen LogP contribution in [0.3, 0.4) is 0 Å². The summed E-state index contributed by atoms with van der Waals surface area (Å²) in [6.45, 7) is 6.43. The molecule has 6 nitrogen and oxygen atoms in total. The lowest BCUT2D eigenvalue weighted by Gasteiger charge is -2.09. The molecule has 2 aromatic carbocycles. The van der Waals surface area contributed by atoms with Gasteiger partial charge in [0.15, 0.2) is 0 Å². The van der Waals surface area contributed by atoms with Crippen LogP contribution in [-0.4, -0.2) is 24.4 Å². The zero-order valence-corrected chi connectivity index (χ0v) is 14.3. The van der Waals surface area contributed by atoms with Crippen LogP contribution in [0, 0.1) is 10.1 Å². The number of non-ortho nitro benzene ring substituents is 1. The van der Waals surface area contributed by atoms with E-state index >= 15 is 0 Å². The summed E-state index contributed by atoms with van der Waals surface area (Å²) in [4.78, 5) is 15.3. The maximum atomic E-state index is 10.8. The van der Waals surface area contributed by atoms with Crippen molar-refractivity contribution in [3.63, 3.8) is 0 Å². The molecule has 0 heterocycles. The first kappa shape index (κ1) is 18.2. The number of hydrogen-bond donors (Lipinski definition) is 0. The predicted molar refractivity (Wildman–Crippen MR) is 97.1 cm³/mol. The van der Waals surface area contributed by atoms with Gasteiger partial charge in [-0.15, -0.1) is 0 Å². The third-order valence-electron chi connectivity index (χ3n) is 3.60. The lowest BCUT2D eigenvalue weighted by Crippen LogP contribution is -2.05. The summed E-state index contributed by atoms with van der Waals surface area (Å²) < 4.78 is 5.66. The van der Waals surface area contributed by atoms with Crippen LogP contribution in [0.25, 0.3) is 0 Å². The fourth-order valence-electron chi connectivity index (χ4n) is 2.10. The lowest BCUT2D eigenvalue weighted by molar-refractivity contribution is -0.384. The number of oxime groups is 1. The Kier molecular flexibility index (Phi) is 6.28. The molecular formula is C19H20N2O4. The Morgan fingerprint density at radius 2 is 1.68 bits per heavy atom. The zero-order valence-electron chi connectivity index (χ0n) is 14.3. The predicted octanol–water partition coefficient (Wildman–Crippen LogP) is 4.34. The largest absolute Gasteiger partial charge is 0.489 e. The van der Waals surface area contributed by atoms with Gasteiger partial charge in [-0.25, -0.2) is 0 Å². The molecule has 0 saturated carbocycles. The molecule has 6 heteroatoms. The van der Waals surface area contributed by atoms with E-state index in [1.54, 1.807) is 12.1 Å². The van der Waals surface area contributed by atoms with Crippen LogP contribution in [0.5, 0.6) is 5.75 Å². The molecule has 0 N–H and O–H groups in total. The molecule has 0 aliphatic heterocycles. The first-order valence-corrected chi connectivity index (χ1v) is 7.81. The third-order valence-corrected chi connectivity index (χ3v) is 3.60. The van der Waals surface area contributed by atoms with E-state index in [4.69, 9.17) is 9.57 Å². The van der Waals surface area contributed by atoms with E-state index < -0.39 is 4.92 Å². The molecule has 0 bridgehead atoms. The van der Waals surface area contributed by atoms with Gasteiger partial charge in [0.25, 0.3) is 5.69 Å². The second-order valence-electron chi connectivity index (χ2n) is 5.34. The Bertz CT molecular complexity index is 765. The second-order valence-corrected chi connectivity index (χ2v) is 5.34. The highest BCUT2D eigenvalue weighted by atomic mass is 16.6. The average Bonchev–Trinajstić information content (AvgIpc) is 2.64. The minimum absolute atomic E-state index is 0.0282. The van der Waals surface area contributed by atoms with Crippen molar-refractivity contribution in [2.75, 3.05) is 13.7 Å². The topological polar surface area (TPSA) is 74.0 Å². The summed E-state index contributed by atoms with van der Waals surface area (Å²) >= 11 is 0. The van der Waals surface area contributed by atoms with Crippen molar-refractivity contribution in [3.8, 4) is 5.75 Å².